The standard InChI is InChI=1S/C13H11BrFN3O3/c14-10-7-18(9-3-1-8(15)2-4-9)17-12(10)13(21)16-6-5-11(19)20/h1-4,7H,5-6H2,(H,16,21)(H,19,20). The first-order chi connectivity index (χ1) is 9.97. The Morgan fingerprint density at radius 3 is 2.62 bits per heavy atom. The quantitative estimate of drug-likeness (QED) is 0.858. The first-order valence-electron chi connectivity index (χ1n) is 5.98. The monoisotopic (exact) mass is 355 g/mol. The highest BCUT2D eigenvalue weighted by molar-refractivity contribution is 9.10. The predicted octanol–water partition coefficient (Wildman–Crippen LogP) is 1.98. The fourth-order valence-electron chi connectivity index (χ4n) is 1.60. The number of hydrogen-bond donors (Lipinski definition) is 2. The zero-order valence-corrected chi connectivity index (χ0v) is 12.3. The minimum absolute atomic E-state index is 0.0179. The number of nitrogens with zero attached hydrogens (tertiary/aromatic N) is 2. The van der Waals surface area contributed by atoms with E-state index in [0.29, 0.717) is 10.2 Å². The summed E-state index contributed by atoms with van der Waals surface area (Å²) in [5.41, 5.74) is 0.728. The molecule has 0 saturated carbocycles. The lowest BCUT2D eigenvalue weighted by atomic mass is 10.3. The van der Waals surface area contributed by atoms with Crippen molar-refractivity contribution in [2.45, 2.75) is 6.42 Å². The molecule has 0 unspecified atom stereocenters. The molecule has 0 aliphatic carbocycles. The van der Waals surface area contributed by atoms with Gasteiger partial charge in [0.2, 0.25) is 0 Å². The molecule has 0 fully saturated rings. The van der Waals surface area contributed by atoms with Crippen molar-refractivity contribution >= 4 is 27.8 Å². The summed E-state index contributed by atoms with van der Waals surface area (Å²) in [5.74, 6) is -1.84. The SMILES string of the molecule is O=C(O)CCNC(=O)c1nn(-c2ccc(F)cc2)cc1Br. The molecule has 1 aromatic carbocycles. The molecule has 1 amide bonds. The summed E-state index contributed by atoms with van der Waals surface area (Å²) < 4.78 is 14.8. The van der Waals surface area contributed by atoms with Crippen LogP contribution in [0.3, 0.4) is 0 Å². The Bertz CT molecular complexity index is 670. The van der Waals surface area contributed by atoms with Gasteiger partial charge < -0.3 is 10.4 Å². The molecule has 0 saturated heterocycles. The van der Waals surface area contributed by atoms with Crippen LogP contribution >= 0.6 is 15.9 Å². The van der Waals surface area contributed by atoms with Crippen LogP contribution < -0.4 is 5.32 Å². The highest BCUT2D eigenvalue weighted by Crippen LogP contribution is 2.18. The molecule has 110 valence electrons. The molecule has 2 N–H and O–H groups in total. The Hall–Kier alpha value is -2.22. The van der Waals surface area contributed by atoms with Gasteiger partial charge in [-0.2, -0.15) is 5.10 Å². The van der Waals surface area contributed by atoms with Gasteiger partial charge in [0.15, 0.2) is 5.69 Å². The second-order valence-electron chi connectivity index (χ2n) is 4.15. The van der Waals surface area contributed by atoms with Gasteiger partial charge in [-0.3, -0.25) is 9.59 Å². The van der Waals surface area contributed by atoms with Crippen LogP contribution in [0.2, 0.25) is 0 Å². The van der Waals surface area contributed by atoms with Crippen molar-refractivity contribution in [1.82, 2.24) is 15.1 Å². The molecule has 0 aliphatic heterocycles. The molecule has 0 radical (unpaired) electrons. The van der Waals surface area contributed by atoms with Crippen LogP contribution in [-0.4, -0.2) is 33.3 Å². The maximum absolute atomic E-state index is 12.9. The van der Waals surface area contributed by atoms with Gasteiger partial charge in [0, 0.05) is 12.7 Å². The molecule has 1 heterocycles. The number of carboxylic acids is 1. The van der Waals surface area contributed by atoms with Crippen LogP contribution in [-0.2, 0) is 4.79 Å². The number of carbonyl (C=O) groups excluding carboxylic acids is 1. The van der Waals surface area contributed by atoms with Gasteiger partial charge in [0.25, 0.3) is 5.91 Å². The zero-order valence-electron chi connectivity index (χ0n) is 10.7. The number of rotatable bonds is 5. The van der Waals surface area contributed by atoms with Crippen molar-refractivity contribution in [2.75, 3.05) is 6.54 Å². The van der Waals surface area contributed by atoms with Crippen LogP contribution in [0.25, 0.3) is 5.69 Å². The second-order valence-corrected chi connectivity index (χ2v) is 5.00. The highest BCUT2D eigenvalue weighted by atomic mass is 79.9. The van der Waals surface area contributed by atoms with Crippen molar-refractivity contribution < 1.29 is 19.1 Å². The molecule has 0 aliphatic rings. The second kappa shape index (κ2) is 6.49. The van der Waals surface area contributed by atoms with Crippen molar-refractivity contribution in [3.63, 3.8) is 0 Å². The third-order valence-electron chi connectivity index (χ3n) is 2.60. The van der Waals surface area contributed by atoms with Crippen molar-refractivity contribution in [3.05, 3.63) is 46.4 Å². The average Bonchev–Trinajstić information content (AvgIpc) is 2.81. The third kappa shape index (κ3) is 3.88. The van der Waals surface area contributed by atoms with E-state index in [1.54, 1.807) is 6.20 Å². The molecule has 0 bridgehead atoms. The van der Waals surface area contributed by atoms with Crippen molar-refractivity contribution in [2.24, 2.45) is 0 Å². The Balaban J connectivity index is 2.13. The lowest BCUT2D eigenvalue weighted by molar-refractivity contribution is -0.136. The minimum atomic E-state index is -0.994. The number of aliphatic carboxylic acids is 1. The van der Waals surface area contributed by atoms with E-state index in [2.05, 4.69) is 26.3 Å². The van der Waals surface area contributed by atoms with Crippen molar-refractivity contribution in [3.8, 4) is 5.69 Å². The van der Waals surface area contributed by atoms with E-state index in [9.17, 15) is 14.0 Å². The lowest BCUT2D eigenvalue weighted by Crippen LogP contribution is -2.26. The molecular weight excluding hydrogens is 345 g/mol. The largest absolute Gasteiger partial charge is 0.481 e. The van der Waals surface area contributed by atoms with Gasteiger partial charge in [-0.25, -0.2) is 9.07 Å². The van der Waals surface area contributed by atoms with Gasteiger partial charge in [-0.1, -0.05) is 0 Å². The summed E-state index contributed by atoms with van der Waals surface area (Å²) in [6.45, 7) is 0.0179. The molecule has 21 heavy (non-hydrogen) atoms. The molecule has 6 nitrogen and oxygen atoms in total. The van der Waals surface area contributed by atoms with Gasteiger partial charge in [0.1, 0.15) is 5.82 Å². The Kier molecular flexibility index (Phi) is 4.69. The summed E-state index contributed by atoms with van der Waals surface area (Å²) in [7, 11) is 0. The van der Waals surface area contributed by atoms with Gasteiger partial charge >= 0.3 is 5.97 Å². The van der Waals surface area contributed by atoms with Crippen LogP contribution in [0, 0.1) is 5.82 Å². The fourth-order valence-corrected chi connectivity index (χ4v) is 2.05. The van der Waals surface area contributed by atoms with E-state index in [0.717, 1.165) is 0 Å². The Morgan fingerprint density at radius 1 is 1.33 bits per heavy atom. The van der Waals surface area contributed by atoms with E-state index in [-0.39, 0.29) is 24.5 Å². The van der Waals surface area contributed by atoms with E-state index >= 15 is 0 Å². The van der Waals surface area contributed by atoms with Gasteiger partial charge in [-0.05, 0) is 40.2 Å². The van der Waals surface area contributed by atoms with Crippen LogP contribution in [0.1, 0.15) is 16.9 Å². The predicted molar refractivity (Wildman–Crippen MR) is 75.8 cm³/mol. The molecule has 8 heteroatoms. The number of nitrogens with one attached hydrogen (secondary N) is 1. The molecule has 0 atom stereocenters. The summed E-state index contributed by atoms with van der Waals surface area (Å²) in [6, 6.07) is 5.64. The number of amides is 1. The zero-order chi connectivity index (χ0) is 15.4. The maximum atomic E-state index is 12.9. The number of halogens is 2. The number of benzene rings is 1. The van der Waals surface area contributed by atoms with E-state index < -0.39 is 11.9 Å². The number of carboxylic acid groups (broad SMARTS) is 1. The summed E-state index contributed by atoms with van der Waals surface area (Å²) >= 11 is 3.22. The molecule has 2 aromatic rings. The summed E-state index contributed by atoms with van der Waals surface area (Å²) in [6.07, 6.45) is 1.40. The summed E-state index contributed by atoms with van der Waals surface area (Å²) in [5, 5.41) is 15.1. The Labute approximate surface area is 127 Å². The summed E-state index contributed by atoms with van der Waals surface area (Å²) in [4.78, 5) is 22.3. The van der Waals surface area contributed by atoms with Crippen molar-refractivity contribution in [1.29, 1.82) is 0 Å². The molecule has 2 rings (SSSR count). The third-order valence-corrected chi connectivity index (χ3v) is 3.18. The number of aromatic nitrogens is 2. The van der Waals surface area contributed by atoms with Crippen LogP contribution in [0.4, 0.5) is 4.39 Å². The smallest absolute Gasteiger partial charge is 0.305 e. The van der Waals surface area contributed by atoms with E-state index in [1.807, 2.05) is 0 Å². The Morgan fingerprint density at radius 2 is 2.00 bits per heavy atom. The fraction of sp³-hybridized carbons (Fsp3) is 0.154. The first-order valence-corrected chi connectivity index (χ1v) is 6.78. The van der Waals surface area contributed by atoms with Crippen LogP contribution in [0.15, 0.2) is 34.9 Å². The van der Waals surface area contributed by atoms with E-state index in [1.165, 1.54) is 28.9 Å². The molecule has 1 aromatic heterocycles. The topological polar surface area (TPSA) is 84.2 Å². The molecule has 0 spiro atoms. The van der Waals surface area contributed by atoms with E-state index in [4.69, 9.17) is 5.11 Å². The minimum Gasteiger partial charge on any atom is -0.481 e. The highest BCUT2D eigenvalue weighted by Gasteiger charge is 2.15. The number of hydrogen-bond acceptors (Lipinski definition) is 3. The normalized spacial score (nSPS) is 10.4. The maximum Gasteiger partial charge on any atom is 0.305 e. The van der Waals surface area contributed by atoms with Gasteiger partial charge in [-0.15, -0.1) is 0 Å². The average molecular weight is 356 g/mol. The van der Waals surface area contributed by atoms with Gasteiger partial charge in [0.05, 0.1) is 16.6 Å². The first kappa shape index (κ1) is 15.2. The van der Waals surface area contributed by atoms with Crippen LogP contribution in [0.5, 0.6) is 0 Å². The lowest BCUT2D eigenvalue weighted by Gasteiger charge is -2.02. The molecular formula is C13H11BrFN3O3. The number of carbonyl (C=O) groups is 2.